The lowest BCUT2D eigenvalue weighted by molar-refractivity contribution is -0.0299. The molecule has 0 atom stereocenters. The Hall–Kier alpha value is -3.63. The van der Waals surface area contributed by atoms with Crippen molar-refractivity contribution in [3.05, 3.63) is 76.6 Å². The number of aliphatic hydroxyl groups is 1. The van der Waals surface area contributed by atoms with Gasteiger partial charge in [-0.1, -0.05) is 0 Å². The van der Waals surface area contributed by atoms with Gasteiger partial charge in [-0.05, 0) is 72.9 Å². The lowest BCUT2D eigenvalue weighted by Crippen LogP contribution is -2.49. The Labute approximate surface area is 204 Å². The molecule has 1 aliphatic heterocycles. The smallest absolute Gasteiger partial charge is 0.273 e. The molecule has 4 aromatic rings. The van der Waals surface area contributed by atoms with E-state index in [2.05, 4.69) is 9.36 Å². The zero-order valence-corrected chi connectivity index (χ0v) is 19.8. The van der Waals surface area contributed by atoms with Crippen LogP contribution in [0.15, 0.2) is 59.7 Å². The van der Waals surface area contributed by atoms with Crippen LogP contribution in [0.1, 0.15) is 23.2 Å². The lowest BCUT2D eigenvalue weighted by Gasteiger charge is -2.38. The van der Waals surface area contributed by atoms with Gasteiger partial charge in [0, 0.05) is 24.2 Å². The molecule has 8 nitrogen and oxygen atoms in total. The number of hydrogen-bond acceptors (Lipinski definition) is 7. The molecule has 5 rings (SSSR count). The van der Waals surface area contributed by atoms with E-state index in [1.165, 1.54) is 35.2 Å². The molecule has 1 saturated heterocycles. The number of nitrogens with zero attached hydrogens (tertiary/aromatic N) is 4. The summed E-state index contributed by atoms with van der Waals surface area (Å²) in [6.45, 7) is 0.738. The third-order valence-electron chi connectivity index (χ3n) is 6.35. The van der Waals surface area contributed by atoms with E-state index in [4.69, 9.17) is 4.74 Å². The van der Waals surface area contributed by atoms with Gasteiger partial charge in [-0.2, -0.15) is 4.37 Å². The highest BCUT2D eigenvalue weighted by molar-refractivity contribution is 7.13. The van der Waals surface area contributed by atoms with Crippen molar-refractivity contribution in [3.8, 4) is 17.0 Å². The number of carbonyl (C=O) groups excluding carboxylic acids is 1. The van der Waals surface area contributed by atoms with E-state index in [0.29, 0.717) is 47.4 Å². The zero-order valence-electron chi connectivity index (χ0n) is 19.0. The maximum Gasteiger partial charge on any atom is 0.273 e. The molecule has 1 amide bonds. The third-order valence-corrected chi connectivity index (χ3v) is 7.17. The number of benzene rings is 2. The number of rotatable bonds is 5. The third kappa shape index (κ3) is 4.54. The predicted octanol–water partition coefficient (Wildman–Crippen LogP) is 3.34. The number of likely N-dealkylation sites (tertiary alicyclic amines) is 1. The molecule has 0 aliphatic carbocycles. The van der Waals surface area contributed by atoms with Gasteiger partial charge in [0.15, 0.2) is 0 Å². The maximum atomic E-state index is 13.1. The second kappa shape index (κ2) is 9.20. The van der Waals surface area contributed by atoms with Crippen molar-refractivity contribution in [2.24, 2.45) is 0 Å². The van der Waals surface area contributed by atoms with Crippen LogP contribution in [0.5, 0.6) is 5.75 Å². The van der Waals surface area contributed by atoms with E-state index in [1.54, 1.807) is 12.0 Å². The van der Waals surface area contributed by atoms with Crippen LogP contribution in [-0.2, 0) is 6.54 Å². The summed E-state index contributed by atoms with van der Waals surface area (Å²) in [5.74, 6) is 0.118. The van der Waals surface area contributed by atoms with Gasteiger partial charge in [0.1, 0.15) is 27.5 Å². The van der Waals surface area contributed by atoms with Crippen molar-refractivity contribution in [1.29, 1.82) is 0 Å². The van der Waals surface area contributed by atoms with Gasteiger partial charge in [0.05, 0.1) is 25.6 Å². The molecule has 0 bridgehead atoms. The van der Waals surface area contributed by atoms with Gasteiger partial charge in [-0.3, -0.25) is 14.2 Å². The Kier molecular flexibility index (Phi) is 6.08. The van der Waals surface area contributed by atoms with E-state index in [0.717, 1.165) is 22.8 Å². The summed E-state index contributed by atoms with van der Waals surface area (Å²) in [5.41, 5.74) is 0.975. The van der Waals surface area contributed by atoms with Crippen LogP contribution >= 0.6 is 11.5 Å². The second-order valence-electron chi connectivity index (χ2n) is 8.64. The fourth-order valence-corrected chi connectivity index (χ4v) is 5.09. The van der Waals surface area contributed by atoms with Crippen molar-refractivity contribution in [2.45, 2.75) is 25.0 Å². The summed E-state index contributed by atoms with van der Waals surface area (Å²) in [7, 11) is 1.60. The van der Waals surface area contributed by atoms with Gasteiger partial charge in [-0.25, -0.2) is 9.37 Å². The molecule has 180 valence electrons. The predicted molar refractivity (Wildman–Crippen MR) is 130 cm³/mol. The Balaban J connectivity index is 1.31. The molecule has 0 unspecified atom stereocenters. The topological polar surface area (TPSA) is 97.5 Å². The number of amides is 1. The molecule has 2 aromatic heterocycles. The van der Waals surface area contributed by atoms with E-state index >= 15 is 0 Å². The zero-order chi connectivity index (χ0) is 24.6. The Morgan fingerprint density at radius 3 is 2.49 bits per heavy atom. The Bertz CT molecular complexity index is 1420. The van der Waals surface area contributed by atoms with Gasteiger partial charge in [0.2, 0.25) is 0 Å². The van der Waals surface area contributed by atoms with Crippen LogP contribution in [-0.4, -0.2) is 55.6 Å². The Morgan fingerprint density at radius 1 is 1.14 bits per heavy atom. The minimum atomic E-state index is -1.15. The molecule has 3 heterocycles. The highest BCUT2D eigenvalue weighted by Crippen LogP contribution is 2.29. The summed E-state index contributed by atoms with van der Waals surface area (Å²) >= 11 is 1.09. The van der Waals surface area contributed by atoms with Crippen LogP contribution in [0.25, 0.3) is 21.5 Å². The normalized spacial score (nSPS) is 15.3. The van der Waals surface area contributed by atoms with Crippen molar-refractivity contribution in [3.63, 3.8) is 0 Å². The van der Waals surface area contributed by atoms with Gasteiger partial charge in [0.25, 0.3) is 11.5 Å². The van der Waals surface area contributed by atoms with Crippen LogP contribution in [0, 0.1) is 5.82 Å². The summed E-state index contributed by atoms with van der Waals surface area (Å²) in [6, 6.07) is 12.8. The minimum Gasteiger partial charge on any atom is -0.497 e. The average molecular weight is 495 g/mol. The average Bonchev–Trinajstić information content (AvgIpc) is 3.31. The Morgan fingerprint density at radius 2 is 1.83 bits per heavy atom. The van der Waals surface area contributed by atoms with Crippen molar-refractivity contribution < 1.29 is 19.0 Å². The van der Waals surface area contributed by atoms with Crippen molar-refractivity contribution in [2.75, 3.05) is 20.2 Å². The highest BCUT2D eigenvalue weighted by Gasteiger charge is 2.35. The van der Waals surface area contributed by atoms with Crippen LogP contribution in [0.4, 0.5) is 4.39 Å². The summed E-state index contributed by atoms with van der Waals surface area (Å²) in [5, 5.41) is 11.2. The molecular formula is C25H23FN4O4S. The fourth-order valence-electron chi connectivity index (χ4n) is 4.28. The molecule has 1 aliphatic rings. The van der Waals surface area contributed by atoms with Crippen LogP contribution in [0.2, 0.25) is 0 Å². The molecule has 1 fully saturated rings. The highest BCUT2D eigenvalue weighted by atomic mass is 32.1. The van der Waals surface area contributed by atoms with E-state index in [9.17, 15) is 19.1 Å². The van der Waals surface area contributed by atoms with Crippen LogP contribution < -0.4 is 10.3 Å². The minimum absolute atomic E-state index is 0.0725. The van der Waals surface area contributed by atoms with E-state index in [-0.39, 0.29) is 18.0 Å². The van der Waals surface area contributed by atoms with Gasteiger partial charge >= 0.3 is 0 Å². The molecule has 0 saturated carbocycles. The SMILES string of the molecule is COc1ccc(-c2nsc3c(=O)n(CC4(O)CCN(C(=O)c5ccc(F)cc5)CC4)cnc23)cc1. The van der Waals surface area contributed by atoms with Crippen molar-refractivity contribution in [1.82, 2.24) is 18.8 Å². The molecule has 35 heavy (non-hydrogen) atoms. The first-order chi connectivity index (χ1) is 16.9. The first-order valence-corrected chi connectivity index (χ1v) is 11.9. The van der Waals surface area contributed by atoms with Crippen LogP contribution in [0.3, 0.4) is 0 Å². The molecule has 10 heteroatoms. The standard InChI is InChI=1S/C25H23FN4O4S/c1-34-19-8-4-16(5-9-19)20-21-22(35-28-20)24(32)30(15-27-21)14-25(33)10-12-29(13-11-25)23(31)17-2-6-18(26)7-3-17/h2-9,15,33H,10-14H2,1H3. The number of halogens is 1. The number of fused-ring (bicyclic) bond motifs is 1. The number of methoxy groups -OCH3 is 1. The quantitative estimate of drug-likeness (QED) is 0.457. The summed E-state index contributed by atoms with van der Waals surface area (Å²) < 4.78 is 24.6. The number of ether oxygens (including phenoxy) is 1. The summed E-state index contributed by atoms with van der Waals surface area (Å²) in [6.07, 6.45) is 2.06. The van der Waals surface area contributed by atoms with Gasteiger partial charge < -0.3 is 14.7 Å². The first kappa shape index (κ1) is 23.1. The monoisotopic (exact) mass is 494 g/mol. The molecular weight excluding hydrogens is 471 g/mol. The second-order valence-corrected chi connectivity index (χ2v) is 9.41. The molecule has 1 N–H and O–H groups in total. The number of aromatic nitrogens is 3. The first-order valence-electron chi connectivity index (χ1n) is 11.1. The van der Waals surface area contributed by atoms with E-state index in [1.807, 2.05) is 24.3 Å². The molecule has 2 aromatic carbocycles. The summed E-state index contributed by atoms with van der Waals surface area (Å²) in [4.78, 5) is 31.9. The van der Waals surface area contributed by atoms with E-state index < -0.39 is 11.4 Å². The number of piperidine rings is 1. The number of carbonyl (C=O) groups is 1. The largest absolute Gasteiger partial charge is 0.497 e. The molecule has 0 spiro atoms. The molecule has 0 radical (unpaired) electrons. The van der Waals surface area contributed by atoms with Gasteiger partial charge in [-0.15, -0.1) is 0 Å². The number of hydrogen-bond donors (Lipinski definition) is 1. The lowest BCUT2D eigenvalue weighted by atomic mass is 9.91. The fraction of sp³-hybridized carbons (Fsp3) is 0.280. The maximum absolute atomic E-state index is 13.1. The van der Waals surface area contributed by atoms with Crippen molar-refractivity contribution >= 4 is 27.7 Å².